The Morgan fingerprint density at radius 1 is 1.31 bits per heavy atom. The van der Waals surface area contributed by atoms with Crippen molar-refractivity contribution in [2.45, 2.75) is 33.9 Å². The molecule has 0 atom stereocenters. The summed E-state index contributed by atoms with van der Waals surface area (Å²) < 4.78 is 1.85. The van der Waals surface area contributed by atoms with E-state index < -0.39 is 0 Å². The molecule has 0 aliphatic carbocycles. The van der Waals surface area contributed by atoms with E-state index in [4.69, 9.17) is 0 Å². The van der Waals surface area contributed by atoms with Crippen LogP contribution in [0, 0.1) is 24.0 Å². The quantitative estimate of drug-likeness (QED) is 0.222. The first-order valence-corrected chi connectivity index (χ1v) is 8.17. The van der Waals surface area contributed by atoms with Gasteiger partial charge in [0, 0.05) is 37.5 Å². The second kappa shape index (κ2) is 10.1. The van der Waals surface area contributed by atoms with E-state index in [2.05, 4.69) is 20.7 Å². The van der Waals surface area contributed by atoms with Crippen molar-refractivity contribution >= 4 is 35.6 Å². The zero-order chi connectivity index (χ0) is 18.4. The third-order valence-corrected chi connectivity index (χ3v) is 4.03. The average molecular weight is 472 g/mol. The number of aryl methyl sites for hydroxylation is 2. The van der Waals surface area contributed by atoms with Gasteiger partial charge in [0.05, 0.1) is 22.7 Å². The van der Waals surface area contributed by atoms with Crippen LogP contribution in [0.4, 0.5) is 5.69 Å². The molecule has 0 fully saturated rings. The van der Waals surface area contributed by atoms with Gasteiger partial charge in [0.1, 0.15) is 0 Å². The van der Waals surface area contributed by atoms with Gasteiger partial charge in [-0.1, -0.05) is 18.2 Å². The zero-order valence-corrected chi connectivity index (χ0v) is 17.8. The molecule has 9 heteroatoms. The summed E-state index contributed by atoms with van der Waals surface area (Å²) in [4.78, 5) is 15.2. The lowest BCUT2D eigenvalue weighted by atomic mass is 10.2. The van der Waals surface area contributed by atoms with Gasteiger partial charge < -0.3 is 10.6 Å². The van der Waals surface area contributed by atoms with Crippen LogP contribution in [0.25, 0.3) is 0 Å². The molecule has 0 saturated carbocycles. The summed E-state index contributed by atoms with van der Waals surface area (Å²) >= 11 is 0. The molecule has 0 aliphatic heterocycles. The van der Waals surface area contributed by atoms with Gasteiger partial charge in [-0.25, -0.2) is 4.99 Å². The van der Waals surface area contributed by atoms with Crippen LogP contribution in [0.3, 0.4) is 0 Å². The van der Waals surface area contributed by atoms with E-state index in [0.717, 1.165) is 17.0 Å². The predicted molar refractivity (Wildman–Crippen MR) is 113 cm³/mol. The molecule has 0 bridgehead atoms. The van der Waals surface area contributed by atoms with Crippen LogP contribution in [0.15, 0.2) is 29.3 Å². The number of hydrogen-bond donors (Lipinski definition) is 2. The number of aromatic nitrogens is 2. The van der Waals surface area contributed by atoms with Gasteiger partial charge in [0.25, 0.3) is 5.69 Å². The van der Waals surface area contributed by atoms with Gasteiger partial charge in [-0.3, -0.25) is 14.8 Å². The maximum absolute atomic E-state index is 11.1. The van der Waals surface area contributed by atoms with Crippen molar-refractivity contribution in [2.75, 3.05) is 6.54 Å². The van der Waals surface area contributed by atoms with Crippen LogP contribution < -0.4 is 10.6 Å². The molecule has 8 nitrogen and oxygen atoms in total. The number of guanidine groups is 1. The summed E-state index contributed by atoms with van der Waals surface area (Å²) in [7, 11) is 1.92. The largest absolute Gasteiger partial charge is 0.357 e. The minimum Gasteiger partial charge on any atom is -0.357 e. The van der Waals surface area contributed by atoms with Crippen molar-refractivity contribution in [3.8, 4) is 0 Å². The lowest BCUT2D eigenvalue weighted by molar-refractivity contribution is -0.385. The van der Waals surface area contributed by atoms with Gasteiger partial charge >= 0.3 is 0 Å². The Balaban J connectivity index is 0.00000338. The Morgan fingerprint density at radius 3 is 2.58 bits per heavy atom. The number of para-hydroxylation sites is 1. The fourth-order valence-corrected chi connectivity index (χ4v) is 2.57. The number of nitrogens with zero attached hydrogens (tertiary/aromatic N) is 4. The number of hydrogen-bond acceptors (Lipinski definition) is 4. The summed E-state index contributed by atoms with van der Waals surface area (Å²) in [6.45, 7) is 7.50. The molecule has 0 saturated heterocycles. The van der Waals surface area contributed by atoms with Gasteiger partial charge in [-0.15, -0.1) is 24.0 Å². The number of nitrogens with one attached hydrogen (secondary N) is 2. The van der Waals surface area contributed by atoms with Crippen LogP contribution in [-0.4, -0.2) is 27.2 Å². The van der Waals surface area contributed by atoms with Crippen LogP contribution in [0.1, 0.15) is 29.4 Å². The van der Waals surface area contributed by atoms with Crippen molar-refractivity contribution in [1.29, 1.82) is 0 Å². The minimum atomic E-state index is -0.381. The van der Waals surface area contributed by atoms with Gasteiger partial charge in [0.2, 0.25) is 0 Å². The summed E-state index contributed by atoms with van der Waals surface area (Å²) in [6, 6.07) is 6.65. The Hall–Kier alpha value is -2.17. The number of halogens is 1. The highest BCUT2D eigenvalue weighted by Crippen LogP contribution is 2.18. The van der Waals surface area contributed by atoms with Crippen LogP contribution in [0.2, 0.25) is 0 Å². The summed E-state index contributed by atoms with van der Waals surface area (Å²) in [5.74, 6) is 0.614. The lowest BCUT2D eigenvalue weighted by Crippen LogP contribution is -2.37. The molecule has 0 radical (unpaired) electrons. The fourth-order valence-electron chi connectivity index (χ4n) is 2.57. The van der Waals surface area contributed by atoms with Gasteiger partial charge in [-0.05, 0) is 20.8 Å². The highest BCUT2D eigenvalue weighted by Gasteiger charge is 2.13. The number of rotatable bonds is 6. The Labute approximate surface area is 170 Å². The second-order valence-corrected chi connectivity index (χ2v) is 5.71. The maximum Gasteiger partial charge on any atom is 0.274 e. The minimum absolute atomic E-state index is 0. The standard InChI is InChI=1S/C17H24N6O2.HI/c1-5-18-17(20-11-15-12(2)21-22(4)13(15)3)19-10-14-8-6-7-9-16(14)23(24)25;/h6-9H,5,10-11H2,1-4H3,(H2,18,19,20);1H. The molecule has 1 aromatic carbocycles. The predicted octanol–water partition coefficient (Wildman–Crippen LogP) is 2.82. The monoisotopic (exact) mass is 472 g/mol. The zero-order valence-electron chi connectivity index (χ0n) is 15.4. The van der Waals surface area contributed by atoms with E-state index in [9.17, 15) is 10.1 Å². The Morgan fingerprint density at radius 2 is 2.00 bits per heavy atom. The average Bonchev–Trinajstić information content (AvgIpc) is 2.83. The van der Waals surface area contributed by atoms with E-state index in [1.807, 2.05) is 32.5 Å². The summed E-state index contributed by atoms with van der Waals surface area (Å²) in [5.41, 5.74) is 3.86. The van der Waals surface area contributed by atoms with E-state index in [1.54, 1.807) is 18.2 Å². The molecule has 2 N–H and O–H groups in total. The number of aliphatic imine (C=N–C) groups is 1. The lowest BCUT2D eigenvalue weighted by Gasteiger charge is -2.11. The molecule has 0 amide bonds. The molecular weight excluding hydrogens is 447 g/mol. The van der Waals surface area contributed by atoms with E-state index in [-0.39, 0.29) is 41.1 Å². The summed E-state index contributed by atoms with van der Waals surface area (Å²) in [6.07, 6.45) is 0. The van der Waals surface area contributed by atoms with Gasteiger partial charge in [0.15, 0.2) is 5.96 Å². The van der Waals surface area contributed by atoms with E-state index in [1.165, 1.54) is 6.07 Å². The fraction of sp³-hybridized carbons (Fsp3) is 0.412. The molecule has 26 heavy (non-hydrogen) atoms. The highest BCUT2D eigenvalue weighted by atomic mass is 127. The first-order valence-electron chi connectivity index (χ1n) is 8.17. The topological polar surface area (TPSA) is 97.4 Å². The third kappa shape index (κ3) is 5.41. The smallest absolute Gasteiger partial charge is 0.274 e. The normalized spacial score (nSPS) is 11.0. The molecular formula is C17H25IN6O2. The molecule has 2 aromatic rings. The Kier molecular flexibility index (Phi) is 8.49. The summed E-state index contributed by atoms with van der Waals surface area (Å²) in [5, 5.41) is 21.9. The SMILES string of the molecule is CCNC(=NCc1ccccc1[N+](=O)[O-])NCc1c(C)nn(C)c1C.I. The third-order valence-electron chi connectivity index (χ3n) is 4.03. The Bertz CT molecular complexity index is 788. The second-order valence-electron chi connectivity index (χ2n) is 5.71. The first kappa shape index (κ1) is 21.9. The molecule has 2 rings (SSSR count). The first-order chi connectivity index (χ1) is 11.9. The van der Waals surface area contributed by atoms with Crippen molar-refractivity contribution in [3.05, 3.63) is 56.9 Å². The molecule has 0 unspecified atom stereocenters. The molecule has 0 aliphatic rings. The van der Waals surface area contributed by atoms with Crippen molar-refractivity contribution in [1.82, 2.24) is 20.4 Å². The van der Waals surface area contributed by atoms with Crippen molar-refractivity contribution < 1.29 is 4.92 Å². The van der Waals surface area contributed by atoms with Crippen LogP contribution in [-0.2, 0) is 20.1 Å². The van der Waals surface area contributed by atoms with E-state index >= 15 is 0 Å². The number of nitro benzene ring substituents is 1. The molecule has 1 heterocycles. The molecule has 1 aromatic heterocycles. The van der Waals surface area contributed by atoms with Gasteiger partial charge in [-0.2, -0.15) is 5.10 Å². The molecule has 0 spiro atoms. The number of benzene rings is 1. The maximum atomic E-state index is 11.1. The van der Waals surface area contributed by atoms with Crippen LogP contribution >= 0.6 is 24.0 Å². The van der Waals surface area contributed by atoms with Crippen molar-refractivity contribution in [2.24, 2.45) is 12.0 Å². The molecule has 142 valence electrons. The van der Waals surface area contributed by atoms with Crippen LogP contribution in [0.5, 0.6) is 0 Å². The number of nitro groups is 1. The van der Waals surface area contributed by atoms with Crippen molar-refractivity contribution in [3.63, 3.8) is 0 Å². The van der Waals surface area contributed by atoms with E-state index in [0.29, 0.717) is 24.6 Å². The highest BCUT2D eigenvalue weighted by molar-refractivity contribution is 14.0.